The third-order valence-corrected chi connectivity index (χ3v) is 6.84. The molecule has 1 aliphatic heterocycles. The first-order valence-corrected chi connectivity index (χ1v) is 11.0. The lowest BCUT2D eigenvalue weighted by atomic mass is 9.89. The Labute approximate surface area is 181 Å². The molecule has 30 heavy (non-hydrogen) atoms. The van der Waals surface area contributed by atoms with Crippen LogP contribution in [0.25, 0.3) is 0 Å². The molecular formula is C25H26N2O2S. The fourth-order valence-electron chi connectivity index (χ4n) is 4.47. The molecule has 3 aromatic rings. The molecule has 1 aliphatic rings. The molecule has 154 valence electrons. The van der Waals surface area contributed by atoms with E-state index in [1.807, 2.05) is 78.2 Å². The first-order valence-electron chi connectivity index (χ1n) is 10.2. The summed E-state index contributed by atoms with van der Waals surface area (Å²) in [5.74, 6) is 0.0378. The number of thiophene rings is 1. The first-order chi connectivity index (χ1) is 14.4. The molecule has 2 atom stereocenters. The molecule has 0 saturated heterocycles. The van der Waals surface area contributed by atoms with E-state index in [1.54, 1.807) is 18.3 Å². The van der Waals surface area contributed by atoms with Gasteiger partial charge in [-0.15, -0.1) is 11.3 Å². The SMILES string of the molecule is CC(=O)N(c1ccccc1)[C@H]1C[C@@H](C)N(C(=O)c2sc(C)cc2C)c2ccccc21. The van der Waals surface area contributed by atoms with E-state index in [0.29, 0.717) is 6.42 Å². The Morgan fingerprint density at radius 2 is 1.70 bits per heavy atom. The van der Waals surface area contributed by atoms with Crippen LogP contribution in [0.4, 0.5) is 11.4 Å². The van der Waals surface area contributed by atoms with Crippen LogP contribution in [-0.4, -0.2) is 17.9 Å². The fraction of sp³-hybridized carbons (Fsp3) is 0.280. The minimum atomic E-state index is -0.119. The van der Waals surface area contributed by atoms with E-state index >= 15 is 0 Å². The van der Waals surface area contributed by atoms with Crippen LogP contribution in [0.15, 0.2) is 60.7 Å². The Morgan fingerprint density at radius 3 is 2.33 bits per heavy atom. The number of fused-ring (bicyclic) bond motifs is 1. The monoisotopic (exact) mass is 418 g/mol. The van der Waals surface area contributed by atoms with E-state index in [0.717, 1.165) is 32.3 Å². The molecule has 2 heterocycles. The number of carbonyl (C=O) groups excluding carboxylic acids is 2. The topological polar surface area (TPSA) is 40.6 Å². The summed E-state index contributed by atoms with van der Waals surface area (Å²) in [6, 6.07) is 19.6. The second-order valence-corrected chi connectivity index (χ2v) is 9.18. The van der Waals surface area contributed by atoms with Crippen LogP contribution in [0.1, 0.15) is 52.0 Å². The Balaban J connectivity index is 1.80. The van der Waals surface area contributed by atoms with Gasteiger partial charge in [0.15, 0.2) is 0 Å². The molecule has 0 radical (unpaired) electrons. The Bertz CT molecular complexity index is 1090. The maximum absolute atomic E-state index is 13.5. The van der Waals surface area contributed by atoms with Crippen molar-refractivity contribution in [1.82, 2.24) is 0 Å². The summed E-state index contributed by atoms with van der Waals surface area (Å²) in [7, 11) is 0. The second kappa shape index (κ2) is 8.07. The standard InChI is InChI=1S/C25H26N2O2S/c1-16-14-18(3)30-24(16)25(29)26-17(2)15-23(21-12-8-9-13-22(21)26)27(19(4)28)20-10-6-5-7-11-20/h5-14,17,23H,15H2,1-4H3/t17-,23+/m1/s1. The second-order valence-electron chi connectivity index (χ2n) is 7.93. The molecular weight excluding hydrogens is 392 g/mol. The number of aryl methyl sites for hydroxylation is 2. The predicted molar refractivity (Wildman–Crippen MR) is 123 cm³/mol. The zero-order valence-electron chi connectivity index (χ0n) is 17.8. The average Bonchev–Trinajstić information content (AvgIpc) is 3.06. The molecule has 0 N–H and O–H groups in total. The molecule has 5 heteroatoms. The van der Waals surface area contributed by atoms with E-state index in [2.05, 4.69) is 13.0 Å². The van der Waals surface area contributed by atoms with Crippen molar-refractivity contribution in [1.29, 1.82) is 0 Å². The van der Waals surface area contributed by atoms with E-state index in [9.17, 15) is 9.59 Å². The summed E-state index contributed by atoms with van der Waals surface area (Å²) in [6.45, 7) is 7.70. The van der Waals surface area contributed by atoms with Gasteiger partial charge in [0, 0.05) is 29.2 Å². The van der Waals surface area contributed by atoms with Crippen LogP contribution >= 0.6 is 11.3 Å². The number of nitrogens with zero attached hydrogens (tertiary/aromatic N) is 2. The van der Waals surface area contributed by atoms with E-state index in [-0.39, 0.29) is 23.9 Å². The smallest absolute Gasteiger partial charge is 0.268 e. The van der Waals surface area contributed by atoms with Gasteiger partial charge >= 0.3 is 0 Å². The third kappa shape index (κ3) is 3.54. The highest BCUT2D eigenvalue weighted by atomic mass is 32.1. The van der Waals surface area contributed by atoms with Crippen molar-refractivity contribution in [2.45, 2.75) is 46.2 Å². The molecule has 0 bridgehead atoms. The number of para-hydroxylation sites is 2. The Morgan fingerprint density at radius 1 is 1.03 bits per heavy atom. The van der Waals surface area contributed by atoms with Gasteiger partial charge in [0.25, 0.3) is 5.91 Å². The number of anilines is 2. The number of rotatable bonds is 3. The zero-order valence-corrected chi connectivity index (χ0v) is 18.6. The zero-order chi connectivity index (χ0) is 21.4. The van der Waals surface area contributed by atoms with Gasteiger partial charge in [-0.1, -0.05) is 36.4 Å². The van der Waals surface area contributed by atoms with Crippen molar-refractivity contribution in [3.05, 3.63) is 81.5 Å². The van der Waals surface area contributed by atoms with Gasteiger partial charge in [-0.05, 0) is 62.6 Å². The summed E-state index contributed by atoms with van der Waals surface area (Å²) in [6.07, 6.45) is 0.681. The van der Waals surface area contributed by atoms with Gasteiger partial charge in [-0.3, -0.25) is 9.59 Å². The van der Waals surface area contributed by atoms with Crippen LogP contribution in [0.3, 0.4) is 0 Å². The maximum atomic E-state index is 13.5. The molecule has 0 unspecified atom stereocenters. The largest absolute Gasteiger partial charge is 0.305 e. The molecule has 1 aromatic heterocycles. The molecule has 2 aromatic carbocycles. The summed E-state index contributed by atoms with van der Waals surface area (Å²) >= 11 is 1.55. The highest BCUT2D eigenvalue weighted by molar-refractivity contribution is 7.14. The summed E-state index contributed by atoms with van der Waals surface area (Å²) in [5.41, 5.74) is 3.79. The van der Waals surface area contributed by atoms with Crippen LogP contribution in [0.2, 0.25) is 0 Å². The van der Waals surface area contributed by atoms with E-state index < -0.39 is 0 Å². The summed E-state index contributed by atoms with van der Waals surface area (Å²) in [4.78, 5) is 31.9. The fourth-order valence-corrected chi connectivity index (χ4v) is 5.43. The number of amides is 2. The van der Waals surface area contributed by atoms with Crippen LogP contribution < -0.4 is 9.80 Å². The van der Waals surface area contributed by atoms with Gasteiger partial charge in [-0.25, -0.2) is 0 Å². The molecule has 4 rings (SSSR count). The molecule has 2 amide bonds. The molecule has 4 nitrogen and oxygen atoms in total. The number of benzene rings is 2. The lowest BCUT2D eigenvalue weighted by molar-refractivity contribution is -0.117. The van der Waals surface area contributed by atoms with Crippen LogP contribution in [-0.2, 0) is 4.79 Å². The minimum absolute atomic E-state index is 0.00212. The van der Waals surface area contributed by atoms with Gasteiger partial charge in [0.05, 0.1) is 10.9 Å². The van der Waals surface area contributed by atoms with Crippen molar-refractivity contribution < 1.29 is 9.59 Å². The lowest BCUT2D eigenvalue weighted by Gasteiger charge is -2.43. The van der Waals surface area contributed by atoms with Crippen molar-refractivity contribution in [2.75, 3.05) is 9.80 Å². The van der Waals surface area contributed by atoms with Crippen molar-refractivity contribution >= 4 is 34.5 Å². The van der Waals surface area contributed by atoms with E-state index in [4.69, 9.17) is 0 Å². The highest BCUT2D eigenvalue weighted by Crippen LogP contribution is 2.43. The predicted octanol–water partition coefficient (Wildman–Crippen LogP) is 5.90. The molecule has 0 fully saturated rings. The maximum Gasteiger partial charge on any atom is 0.268 e. The Hall–Kier alpha value is -2.92. The quantitative estimate of drug-likeness (QED) is 0.531. The number of carbonyl (C=O) groups is 2. The van der Waals surface area contributed by atoms with Gasteiger partial charge in [0.1, 0.15) is 0 Å². The number of hydrogen-bond donors (Lipinski definition) is 0. The summed E-state index contributed by atoms with van der Waals surface area (Å²) in [5, 5.41) is 0. The minimum Gasteiger partial charge on any atom is -0.305 e. The van der Waals surface area contributed by atoms with Gasteiger partial charge in [-0.2, -0.15) is 0 Å². The van der Waals surface area contributed by atoms with Crippen molar-refractivity contribution in [2.24, 2.45) is 0 Å². The summed E-state index contributed by atoms with van der Waals surface area (Å²) < 4.78 is 0. The lowest BCUT2D eigenvalue weighted by Crippen LogP contribution is -2.47. The van der Waals surface area contributed by atoms with Gasteiger partial charge in [0.2, 0.25) is 5.91 Å². The van der Waals surface area contributed by atoms with Crippen molar-refractivity contribution in [3.8, 4) is 0 Å². The Kier molecular flexibility index (Phi) is 5.48. The normalized spacial score (nSPS) is 18.1. The van der Waals surface area contributed by atoms with Crippen LogP contribution in [0, 0.1) is 13.8 Å². The first kappa shape index (κ1) is 20.4. The van der Waals surface area contributed by atoms with Gasteiger partial charge < -0.3 is 9.80 Å². The van der Waals surface area contributed by atoms with Crippen molar-refractivity contribution in [3.63, 3.8) is 0 Å². The number of hydrogen-bond acceptors (Lipinski definition) is 3. The van der Waals surface area contributed by atoms with Crippen LogP contribution in [0.5, 0.6) is 0 Å². The molecule has 0 aliphatic carbocycles. The molecule has 0 spiro atoms. The third-order valence-electron chi connectivity index (χ3n) is 5.70. The van der Waals surface area contributed by atoms with E-state index in [1.165, 1.54) is 0 Å². The highest BCUT2D eigenvalue weighted by Gasteiger charge is 2.38. The molecule has 0 saturated carbocycles. The average molecular weight is 419 g/mol.